The van der Waals surface area contributed by atoms with Crippen molar-refractivity contribution in [1.82, 2.24) is 4.57 Å². The summed E-state index contributed by atoms with van der Waals surface area (Å²) >= 11 is 0. The molecule has 0 aliphatic heterocycles. The van der Waals surface area contributed by atoms with Gasteiger partial charge in [0, 0.05) is 36.4 Å². The Labute approximate surface area is 125 Å². The van der Waals surface area contributed by atoms with Gasteiger partial charge in [0.1, 0.15) is 0 Å². The van der Waals surface area contributed by atoms with E-state index in [1.165, 1.54) is 5.69 Å². The molecule has 0 aliphatic rings. The van der Waals surface area contributed by atoms with Crippen LogP contribution in [0.15, 0.2) is 36.5 Å². The first-order valence-corrected chi connectivity index (χ1v) is 7.41. The fraction of sp³-hybridized carbons (Fsp3) is 0.353. The zero-order chi connectivity index (χ0) is 15.4. The topological polar surface area (TPSA) is 45.5 Å². The molecule has 0 spiro atoms. The average Bonchev–Trinajstić information content (AvgIpc) is 2.93. The van der Waals surface area contributed by atoms with Crippen LogP contribution in [0.1, 0.15) is 36.8 Å². The zero-order valence-corrected chi connectivity index (χ0v) is 12.8. The van der Waals surface area contributed by atoms with Crippen LogP contribution in [0, 0.1) is 0 Å². The summed E-state index contributed by atoms with van der Waals surface area (Å²) in [6.07, 6.45) is 2.52. The summed E-state index contributed by atoms with van der Waals surface area (Å²) in [4.78, 5) is 13.5. The number of hydrogen-bond donors (Lipinski definition) is 1. The van der Waals surface area contributed by atoms with Gasteiger partial charge in [0.15, 0.2) is 0 Å². The highest BCUT2D eigenvalue weighted by Crippen LogP contribution is 2.21. The maximum absolute atomic E-state index is 11.2. The molecule has 0 radical (unpaired) electrons. The third-order valence-corrected chi connectivity index (χ3v) is 3.81. The Morgan fingerprint density at radius 2 is 1.71 bits per heavy atom. The molecule has 0 atom stereocenters. The maximum atomic E-state index is 11.2. The molecule has 4 heteroatoms. The Morgan fingerprint density at radius 1 is 1.10 bits per heavy atom. The quantitative estimate of drug-likeness (QED) is 0.882. The third kappa shape index (κ3) is 2.94. The Balaban J connectivity index is 2.37. The zero-order valence-electron chi connectivity index (χ0n) is 12.8. The molecule has 4 nitrogen and oxygen atoms in total. The van der Waals surface area contributed by atoms with Crippen LogP contribution in [0.5, 0.6) is 0 Å². The highest BCUT2D eigenvalue weighted by Gasteiger charge is 2.14. The highest BCUT2D eigenvalue weighted by atomic mass is 16.4. The van der Waals surface area contributed by atoms with E-state index < -0.39 is 5.97 Å². The lowest BCUT2D eigenvalue weighted by molar-refractivity contribution is 0.0696. The van der Waals surface area contributed by atoms with E-state index in [4.69, 9.17) is 0 Å². The number of hydrogen-bond acceptors (Lipinski definition) is 2. The van der Waals surface area contributed by atoms with E-state index in [0.717, 1.165) is 24.5 Å². The van der Waals surface area contributed by atoms with E-state index in [9.17, 15) is 9.90 Å². The fourth-order valence-corrected chi connectivity index (χ4v) is 2.68. The molecule has 1 heterocycles. The molecule has 1 aromatic heterocycles. The van der Waals surface area contributed by atoms with E-state index in [-0.39, 0.29) is 0 Å². The number of carboxylic acids is 1. The molecule has 0 aliphatic carbocycles. The van der Waals surface area contributed by atoms with Crippen molar-refractivity contribution in [3.63, 3.8) is 0 Å². The second-order valence-corrected chi connectivity index (χ2v) is 4.89. The molecule has 0 fully saturated rings. The lowest BCUT2D eigenvalue weighted by atomic mass is 10.2. The number of carboxylic acid groups (broad SMARTS) is 1. The van der Waals surface area contributed by atoms with Crippen molar-refractivity contribution in [3.05, 3.63) is 47.8 Å². The Bertz CT molecular complexity index is 610. The number of benzene rings is 1. The summed E-state index contributed by atoms with van der Waals surface area (Å²) in [7, 11) is 0. The molecule has 1 N–H and O–H groups in total. The molecule has 112 valence electrons. The van der Waals surface area contributed by atoms with Crippen molar-refractivity contribution in [1.29, 1.82) is 0 Å². The Kier molecular flexibility index (Phi) is 4.68. The summed E-state index contributed by atoms with van der Waals surface area (Å²) < 4.78 is 1.95. The van der Waals surface area contributed by atoms with Gasteiger partial charge in [0.2, 0.25) is 0 Å². The fourth-order valence-electron chi connectivity index (χ4n) is 2.68. The highest BCUT2D eigenvalue weighted by molar-refractivity contribution is 5.89. The molecule has 21 heavy (non-hydrogen) atoms. The van der Waals surface area contributed by atoms with Gasteiger partial charge in [-0.2, -0.15) is 0 Å². The predicted molar refractivity (Wildman–Crippen MR) is 85.7 cm³/mol. The van der Waals surface area contributed by atoms with Gasteiger partial charge >= 0.3 is 5.97 Å². The average molecular weight is 286 g/mol. The van der Waals surface area contributed by atoms with Crippen LogP contribution in [-0.2, 0) is 6.42 Å². The van der Waals surface area contributed by atoms with Gasteiger partial charge in [0.05, 0.1) is 5.56 Å². The van der Waals surface area contributed by atoms with Crippen LogP contribution in [-0.4, -0.2) is 28.7 Å². The SMILES string of the molecule is CCc1c(C(=O)O)ccn1-c1ccc(N(CC)CC)cc1. The van der Waals surface area contributed by atoms with E-state index in [1.54, 1.807) is 6.07 Å². The number of anilines is 1. The first-order valence-electron chi connectivity index (χ1n) is 7.41. The minimum Gasteiger partial charge on any atom is -0.478 e. The first kappa shape index (κ1) is 15.2. The predicted octanol–water partition coefficient (Wildman–Crippen LogP) is 3.58. The minimum atomic E-state index is -0.870. The third-order valence-electron chi connectivity index (χ3n) is 3.81. The molecule has 0 bridgehead atoms. The molecular formula is C17H22N2O2. The molecule has 0 amide bonds. The second kappa shape index (κ2) is 6.48. The number of nitrogens with zero attached hydrogens (tertiary/aromatic N) is 2. The van der Waals surface area contributed by atoms with Crippen LogP contribution >= 0.6 is 0 Å². The molecule has 2 rings (SSSR count). The van der Waals surface area contributed by atoms with Crippen molar-refractivity contribution < 1.29 is 9.90 Å². The summed E-state index contributed by atoms with van der Waals surface area (Å²) in [5.74, 6) is -0.870. The maximum Gasteiger partial charge on any atom is 0.337 e. The number of carbonyl (C=O) groups is 1. The van der Waals surface area contributed by atoms with Crippen molar-refractivity contribution >= 4 is 11.7 Å². The van der Waals surface area contributed by atoms with Gasteiger partial charge in [-0.05, 0) is 50.6 Å². The molecule has 0 saturated carbocycles. The molecule has 0 unspecified atom stereocenters. The van der Waals surface area contributed by atoms with Gasteiger partial charge in [-0.1, -0.05) is 6.92 Å². The van der Waals surface area contributed by atoms with Crippen molar-refractivity contribution in [3.8, 4) is 5.69 Å². The Morgan fingerprint density at radius 3 is 2.19 bits per heavy atom. The summed E-state index contributed by atoms with van der Waals surface area (Å²) in [6, 6.07) is 9.92. The van der Waals surface area contributed by atoms with Crippen LogP contribution in [0.3, 0.4) is 0 Å². The van der Waals surface area contributed by atoms with Crippen LogP contribution in [0.25, 0.3) is 5.69 Å². The largest absolute Gasteiger partial charge is 0.478 e. The van der Waals surface area contributed by atoms with Crippen LogP contribution < -0.4 is 4.90 Å². The van der Waals surface area contributed by atoms with Gasteiger partial charge in [0.25, 0.3) is 0 Å². The van der Waals surface area contributed by atoms with Gasteiger partial charge < -0.3 is 14.6 Å². The smallest absolute Gasteiger partial charge is 0.337 e. The second-order valence-electron chi connectivity index (χ2n) is 4.89. The molecule has 1 aromatic carbocycles. The lowest BCUT2D eigenvalue weighted by Crippen LogP contribution is -2.21. The standard InChI is InChI=1S/C17H22N2O2/c1-4-16-15(17(20)21)11-12-19(16)14-9-7-13(8-10-14)18(5-2)6-3/h7-12H,4-6H2,1-3H3,(H,20,21). The van der Waals surface area contributed by atoms with Crippen molar-refractivity contribution in [2.24, 2.45) is 0 Å². The van der Waals surface area contributed by atoms with Crippen LogP contribution in [0.4, 0.5) is 5.69 Å². The van der Waals surface area contributed by atoms with Crippen molar-refractivity contribution in [2.45, 2.75) is 27.2 Å². The van der Waals surface area contributed by atoms with E-state index in [2.05, 4.69) is 30.9 Å². The molecular weight excluding hydrogens is 264 g/mol. The number of aromatic nitrogens is 1. The minimum absolute atomic E-state index is 0.380. The summed E-state index contributed by atoms with van der Waals surface area (Å²) in [6.45, 7) is 8.20. The van der Waals surface area contributed by atoms with Gasteiger partial charge in [-0.15, -0.1) is 0 Å². The Hall–Kier alpha value is -2.23. The van der Waals surface area contributed by atoms with Gasteiger partial charge in [-0.3, -0.25) is 0 Å². The molecule has 2 aromatic rings. The monoisotopic (exact) mass is 286 g/mol. The lowest BCUT2D eigenvalue weighted by Gasteiger charge is -2.21. The van der Waals surface area contributed by atoms with E-state index in [0.29, 0.717) is 12.0 Å². The molecule has 0 saturated heterocycles. The first-order chi connectivity index (χ1) is 10.1. The number of aromatic carboxylic acids is 1. The summed E-state index contributed by atoms with van der Waals surface area (Å²) in [5, 5.41) is 9.22. The normalized spacial score (nSPS) is 10.6. The summed E-state index contributed by atoms with van der Waals surface area (Å²) in [5.41, 5.74) is 3.39. The van der Waals surface area contributed by atoms with E-state index >= 15 is 0 Å². The number of rotatable bonds is 6. The van der Waals surface area contributed by atoms with Gasteiger partial charge in [-0.25, -0.2) is 4.79 Å². The van der Waals surface area contributed by atoms with E-state index in [1.807, 2.05) is 29.8 Å². The van der Waals surface area contributed by atoms with Crippen LogP contribution in [0.2, 0.25) is 0 Å². The van der Waals surface area contributed by atoms with Crippen molar-refractivity contribution in [2.75, 3.05) is 18.0 Å².